The number of benzene rings is 1. The van der Waals surface area contributed by atoms with Crippen molar-refractivity contribution in [2.75, 3.05) is 6.61 Å². The number of ether oxygens (including phenoxy) is 1. The van der Waals surface area contributed by atoms with E-state index in [2.05, 4.69) is 5.10 Å². The van der Waals surface area contributed by atoms with E-state index in [4.69, 9.17) is 27.9 Å². The van der Waals surface area contributed by atoms with Gasteiger partial charge in [0.2, 0.25) is 0 Å². The fourth-order valence-corrected chi connectivity index (χ4v) is 3.64. The van der Waals surface area contributed by atoms with E-state index in [0.29, 0.717) is 21.2 Å². The van der Waals surface area contributed by atoms with Crippen LogP contribution in [-0.4, -0.2) is 54.6 Å². The normalized spacial score (nSPS) is 27.6. The Morgan fingerprint density at radius 3 is 2.54 bits per heavy atom. The van der Waals surface area contributed by atoms with E-state index in [0.717, 1.165) is 10.8 Å². The van der Waals surface area contributed by atoms with Gasteiger partial charge in [-0.1, -0.05) is 23.2 Å². The molecule has 7 nitrogen and oxygen atoms in total. The Morgan fingerprint density at radius 2 is 1.88 bits per heavy atom. The molecule has 1 aromatic carbocycles. The first-order chi connectivity index (χ1) is 11.4. The Morgan fingerprint density at radius 1 is 1.17 bits per heavy atom. The smallest absolute Gasteiger partial charge is 0.165 e. The van der Waals surface area contributed by atoms with Gasteiger partial charge in [-0.3, -0.25) is 9.25 Å². The first kappa shape index (κ1) is 16.1. The van der Waals surface area contributed by atoms with E-state index >= 15 is 0 Å². The molecule has 1 aliphatic heterocycles. The van der Waals surface area contributed by atoms with Crippen LogP contribution in [0.25, 0.3) is 21.9 Å². The van der Waals surface area contributed by atoms with Crippen molar-refractivity contribution in [3.8, 4) is 0 Å². The first-order valence-corrected chi connectivity index (χ1v) is 8.12. The zero-order valence-electron chi connectivity index (χ0n) is 12.6. The number of hydrogen-bond donors (Lipinski definition) is 3. The van der Waals surface area contributed by atoms with Crippen molar-refractivity contribution < 1.29 is 20.1 Å². The number of hydrogen-bond acceptors (Lipinski definition) is 5. The predicted molar refractivity (Wildman–Crippen MR) is 89.2 cm³/mol. The molecule has 4 atom stereocenters. The van der Waals surface area contributed by atoms with Crippen LogP contribution >= 0.6 is 23.2 Å². The predicted octanol–water partition coefficient (Wildman–Crippen LogP) is 1.45. The van der Waals surface area contributed by atoms with Gasteiger partial charge in [0.05, 0.1) is 28.4 Å². The van der Waals surface area contributed by atoms with E-state index in [-0.39, 0.29) is 0 Å². The van der Waals surface area contributed by atoms with Gasteiger partial charge in [0.15, 0.2) is 6.23 Å². The molecule has 1 saturated heterocycles. The summed E-state index contributed by atoms with van der Waals surface area (Å²) in [7, 11) is 1.77. The maximum Gasteiger partial charge on any atom is 0.165 e. The summed E-state index contributed by atoms with van der Waals surface area (Å²) >= 11 is 12.3. The van der Waals surface area contributed by atoms with Gasteiger partial charge < -0.3 is 20.1 Å². The average molecular weight is 372 g/mol. The Hall–Kier alpha value is -1.35. The average Bonchev–Trinajstić information content (AvgIpc) is 3.16. The summed E-state index contributed by atoms with van der Waals surface area (Å²) in [5.74, 6) is 0. The van der Waals surface area contributed by atoms with Crippen LogP contribution in [0.2, 0.25) is 10.0 Å². The SMILES string of the molecule is Cn1ncc2c3cc(Cl)c(Cl)cc3n([C@@H]3O[C@H](CO)[C@@H](O)[C@H]3O)c21. The lowest BCUT2D eigenvalue weighted by molar-refractivity contribution is -0.0491. The van der Waals surface area contributed by atoms with Crippen molar-refractivity contribution in [2.45, 2.75) is 24.5 Å². The van der Waals surface area contributed by atoms with Crippen LogP contribution in [0.3, 0.4) is 0 Å². The summed E-state index contributed by atoms with van der Waals surface area (Å²) in [4.78, 5) is 0. The fourth-order valence-electron chi connectivity index (χ4n) is 3.32. The van der Waals surface area contributed by atoms with E-state index in [9.17, 15) is 15.3 Å². The molecule has 0 bridgehead atoms. The number of nitrogens with zero attached hydrogens (tertiary/aromatic N) is 3. The number of aryl methyl sites for hydroxylation is 1. The summed E-state index contributed by atoms with van der Waals surface area (Å²) < 4.78 is 9.06. The van der Waals surface area contributed by atoms with Crippen LogP contribution in [0, 0.1) is 0 Å². The number of fused-ring (bicyclic) bond motifs is 3. The zero-order valence-corrected chi connectivity index (χ0v) is 14.1. The minimum atomic E-state index is -1.20. The van der Waals surface area contributed by atoms with Crippen LogP contribution in [0.5, 0.6) is 0 Å². The standard InChI is InChI=1S/C15H15Cl2N3O4/c1-19-14-7(4-18-19)6-2-8(16)9(17)3-10(6)20(14)15-13(23)12(22)11(5-21)24-15/h2-4,11-13,15,21-23H,5H2,1H3/t11-,12-,13-,15-/m1/s1. The number of aliphatic hydroxyl groups is 3. The highest BCUT2D eigenvalue weighted by molar-refractivity contribution is 6.43. The Bertz CT molecular complexity index is 938. The van der Waals surface area contributed by atoms with Crippen molar-refractivity contribution in [1.82, 2.24) is 14.3 Å². The molecule has 4 rings (SSSR count). The Labute approximate surface area is 146 Å². The van der Waals surface area contributed by atoms with Crippen LogP contribution in [0.1, 0.15) is 6.23 Å². The Balaban J connectivity index is 2.02. The Kier molecular flexibility index (Phi) is 3.76. The van der Waals surface area contributed by atoms with Gasteiger partial charge >= 0.3 is 0 Å². The summed E-state index contributed by atoms with van der Waals surface area (Å²) in [5, 5.41) is 36.5. The van der Waals surface area contributed by atoms with Crippen molar-refractivity contribution in [2.24, 2.45) is 7.05 Å². The molecule has 1 fully saturated rings. The number of aromatic nitrogens is 3. The molecule has 0 aliphatic carbocycles. The zero-order chi connectivity index (χ0) is 17.2. The van der Waals surface area contributed by atoms with Crippen molar-refractivity contribution in [1.29, 1.82) is 0 Å². The summed E-state index contributed by atoms with van der Waals surface area (Å²) in [5.41, 5.74) is 1.39. The second-order valence-corrected chi connectivity index (χ2v) is 6.70. The minimum absolute atomic E-state index is 0.368. The summed E-state index contributed by atoms with van der Waals surface area (Å²) in [6, 6.07) is 3.43. The molecule has 0 saturated carbocycles. The van der Waals surface area contributed by atoms with E-state index in [1.54, 1.807) is 34.6 Å². The van der Waals surface area contributed by atoms with Crippen LogP contribution in [0.15, 0.2) is 18.3 Å². The fraction of sp³-hybridized carbons (Fsp3) is 0.400. The highest BCUT2D eigenvalue weighted by Crippen LogP contribution is 2.40. The monoisotopic (exact) mass is 371 g/mol. The first-order valence-electron chi connectivity index (χ1n) is 7.37. The maximum absolute atomic E-state index is 10.4. The lowest BCUT2D eigenvalue weighted by atomic mass is 10.1. The van der Waals surface area contributed by atoms with E-state index in [1.807, 2.05) is 0 Å². The van der Waals surface area contributed by atoms with Gasteiger partial charge in [0, 0.05) is 17.8 Å². The molecule has 3 aromatic rings. The lowest BCUT2D eigenvalue weighted by Gasteiger charge is -2.19. The molecule has 128 valence electrons. The number of aliphatic hydroxyl groups excluding tert-OH is 3. The maximum atomic E-state index is 10.4. The van der Waals surface area contributed by atoms with Gasteiger partial charge in [0.25, 0.3) is 0 Å². The van der Waals surface area contributed by atoms with Gasteiger partial charge in [-0.25, -0.2) is 0 Å². The molecule has 0 spiro atoms. The van der Waals surface area contributed by atoms with E-state index in [1.165, 1.54) is 0 Å². The quantitative estimate of drug-likeness (QED) is 0.633. The molecule has 0 unspecified atom stereocenters. The summed E-state index contributed by atoms with van der Waals surface area (Å²) in [6.07, 6.45) is -2.45. The van der Waals surface area contributed by atoms with Gasteiger partial charge in [-0.2, -0.15) is 5.10 Å². The van der Waals surface area contributed by atoms with Crippen molar-refractivity contribution in [3.05, 3.63) is 28.4 Å². The van der Waals surface area contributed by atoms with Crippen LogP contribution in [-0.2, 0) is 11.8 Å². The highest BCUT2D eigenvalue weighted by atomic mass is 35.5. The molecule has 0 amide bonds. The lowest BCUT2D eigenvalue weighted by Crippen LogP contribution is -2.33. The van der Waals surface area contributed by atoms with Gasteiger partial charge in [-0.15, -0.1) is 0 Å². The molecule has 1 aliphatic rings. The van der Waals surface area contributed by atoms with Gasteiger partial charge in [0.1, 0.15) is 24.0 Å². The highest BCUT2D eigenvalue weighted by Gasteiger charge is 2.44. The minimum Gasteiger partial charge on any atom is -0.394 e. The van der Waals surface area contributed by atoms with Gasteiger partial charge in [-0.05, 0) is 12.1 Å². The van der Waals surface area contributed by atoms with Crippen LogP contribution < -0.4 is 0 Å². The molecule has 3 N–H and O–H groups in total. The molecular formula is C15H15Cl2N3O4. The third-order valence-corrected chi connectivity index (χ3v) is 5.22. The molecule has 2 aromatic heterocycles. The second kappa shape index (κ2) is 5.59. The molecule has 0 radical (unpaired) electrons. The largest absolute Gasteiger partial charge is 0.394 e. The molecule has 9 heteroatoms. The number of rotatable bonds is 2. The number of halogens is 2. The topological polar surface area (TPSA) is 92.7 Å². The third-order valence-electron chi connectivity index (χ3n) is 4.50. The third kappa shape index (κ3) is 2.10. The summed E-state index contributed by atoms with van der Waals surface area (Å²) in [6.45, 7) is -0.394. The molecule has 3 heterocycles. The molecular weight excluding hydrogens is 357 g/mol. The second-order valence-electron chi connectivity index (χ2n) is 5.89. The van der Waals surface area contributed by atoms with Crippen LogP contribution in [0.4, 0.5) is 0 Å². The van der Waals surface area contributed by atoms with Crippen molar-refractivity contribution >= 4 is 45.1 Å². The van der Waals surface area contributed by atoms with Crippen molar-refractivity contribution in [3.63, 3.8) is 0 Å². The van der Waals surface area contributed by atoms with E-state index < -0.39 is 31.1 Å². The molecule has 24 heavy (non-hydrogen) atoms.